The first-order valence-corrected chi connectivity index (χ1v) is 20.4. The van der Waals surface area contributed by atoms with E-state index in [0.29, 0.717) is 6.61 Å². The predicted molar refractivity (Wildman–Crippen MR) is 256 cm³/mol. The summed E-state index contributed by atoms with van der Waals surface area (Å²) in [4.78, 5) is 4.55. The minimum atomic E-state index is 0.498. The molecule has 0 bridgehead atoms. The van der Waals surface area contributed by atoms with Gasteiger partial charge in [-0.05, 0) is 174 Å². The van der Waals surface area contributed by atoms with Gasteiger partial charge >= 0.3 is 0 Å². The molecular weight excluding hydrogens is 753 g/mol. The molecule has 0 aliphatic carbocycles. The lowest BCUT2D eigenvalue weighted by atomic mass is 9.95. The lowest BCUT2D eigenvalue weighted by Crippen LogP contribution is -2.15. The Kier molecular flexibility index (Phi) is 9.63. The third-order valence-electron chi connectivity index (χ3n) is 11.9. The maximum atomic E-state index is 5.53. The van der Waals surface area contributed by atoms with Crippen molar-refractivity contribution in [3.8, 4) is 17.2 Å². The molecule has 61 heavy (non-hydrogen) atoms. The Bertz CT molecular complexity index is 3230. The molecule has 0 spiro atoms. The summed E-state index contributed by atoms with van der Waals surface area (Å²) >= 11 is 0. The molecule has 0 aromatic heterocycles. The van der Waals surface area contributed by atoms with Crippen molar-refractivity contribution in [1.29, 1.82) is 0 Å². The zero-order valence-electron chi connectivity index (χ0n) is 34.6. The van der Waals surface area contributed by atoms with E-state index in [0.717, 1.165) is 51.4 Å². The first kappa shape index (κ1) is 37.7. The third kappa shape index (κ3) is 6.23. The monoisotopic (exact) mass is 796 g/mol. The molecule has 0 N–H and O–H groups in total. The highest BCUT2D eigenvalue weighted by molar-refractivity contribution is 6.47. The van der Waals surface area contributed by atoms with Gasteiger partial charge in [0, 0.05) is 41.2 Å². The van der Waals surface area contributed by atoms with Crippen LogP contribution in [0.3, 0.4) is 0 Å². The van der Waals surface area contributed by atoms with Crippen LogP contribution < -0.4 is 24.0 Å². The SMILES string of the molecule is C=C/C=C(\C=C/COC)N(c1ccc(OC)cc1)c1ccc2c(c1)c1cccc3c1c2c1cccc2c4cc(N(c5ccc(OC)cc5)c5ccc(OC)cc5)ccc4c3c21. The van der Waals surface area contributed by atoms with Crippen LogP contribution in [0.15, 0.2) is 182 Å². The summed E-state index contributed by atoms with van der Waals surface area (Å²) in [5, 5.41) is 15.1. The average Bonchev–Trinajstić information content (AvgIpc) is 3.83. The maximum absolute atomic E-state index is 5.53. The number of rotatable bonds is 13. The zero-order valence-corrected chi connectivity index (χ0v) is 34.6. The molecule has 0 aliphatic heterocycles. The standard InChI is InChI=1S/C55H44N2O4/c1-6-10-35(11-9-32-58-2)56(36-16-24-41(59-3)25-17-36)39-22-30-46-50(33-39)44-12-7-14-48-52(44)54(46)49-15-8-13-45-51-34-40(23-31-47(51)55(48)53(45)49)57(37-18-26-42(60-4)27-19-37)38-20-28-43(61-5)29-21-38/h6-31,33-34H,1,32H2,2-5H3/b11-9-,35-10+. The summed E-state index contributed by atoms with van der Waals surface area (Å²) in [6.07, 6.45) is 7.97. The molecule has 0 saturated heterocycles. The van der Waals surface area contributed by atoms with Gasteiger partial charge in [0.05, 0.1) is 27.9 Å². The van der Waals surface area contributed by atoms with Crippen molar-refractivity contribution in [2.75, 3.05) is 44.8 Å². The molecule has 10 aromatic rings. The van der Waals surface area contributed by atoms with Crippen molar-refractivity contribution in [3.63, 3.8) is 0 Å². The van der Waals surface area contributed by atoms with Gasteiger partial charge in [0.15, 0.2) is 0 Å². The Balaban J connectivity index is 1.19. The fourth-order valence-corrected chi connectivity index (χ4v) is 9.24. The van der Waals surface area contributed by atoms with Gasteiger partial charge in [0.2, 0.25) is 0 Å². The Morgan fingerprint density at radius 1 is 0.459 bits per heavy atom. The van der Waals surface area contributed by atoms with E-state index >= 15 is 0 Å². The molecule has 0 saturated carbocycles. The van der Waals surface area contributed by atoms with Crippen molar-refractivity contribution < 1.29 is 18.9 Å². The van der Waals surface area contributed by atoms with Crippen LogP contribution in [0.1, 0.15) is 0 Å². The van der Waals surface area contributed by atoms with Crippen LogP contribution in [0.5, 0.6) is 17.2 Å². The number of anilines is 5. The van der Waals surface area contributed by atoms with E-state index in [1.165, 1.54) is 64.6 Å². The topological polar surface area (TPSA) is 43.4 Å². The van der Waals surface area contributed by atoms with Gasteiger partial charge in [-0.15, -0.1) is 0 Å². The van der Waals surface area contributed by atoms with Crippen molar-refractivity contribution in [2.45, 2.75) is 0 Å². The summed E-state index contributed by atoms with van der Waals surface area (Å²) in [5.41, 5.74) is 6.14. The molecule has 298 valence electrons. The highest BCUT2D eigenvalue weighted by atomic mass is 16.5. The Morgan fingerprint density at radius 2 is 0.869 bits per heavy atom. The van der Waals surface area contributed by atoms with Crippen molar-refractivity contribution in [3.05, 3.63) is 182 Å². The fraction of sp³-hybridized carbons (Fsp3) is 0.0909. The molecule has 6 heteroatoms. The molecule has 0 amide bonds. The van der Waals surface area contributed by atoms with Gasteiger partial charge in [-0.25, -0.2) is 0 Å². The molecule has 0 atom stereocenters. The quantitative estimate of drug-likeness (QED) is 0.0855. The van der Waals surface area contributed by atoms with Crippen LogP contribution in [0.2, 0.25) is 0 Å². The van der Waals surface area contributed by atoms with Crippen LogP contribution >= 0.6 is 0 Å². The number of hydrogen-bond acceptors (Lipinski definition) is 6. The van der Waals surface area contributed by atoms with E-state index < -0.39 is 0 Å². The average molecular weight is 797 g/mol. The highest BCUT2D eigenvalue weighted by Crippen LogP contribution is 2.51. The van der Waals surface area contributed by atoms with E-state index in [2.05, 4.69) is 132 Å². The van der Waals surface area contributed by atoms with Crippen LogP contribution in [0.25, 0.3) is 64.6 Å². The van der Waals surface area contributed by atoms with Crippen molar-refractivity contribution in [2.24, 2.45) is 0 Å². The molecule has 0 unspecified atom stereocenters. The van der Waals surface area contributed by atoms with Crippen LogP contribution in [0.4, 0.5) is 28.4 Å². The minimum absolute atomic E-state index is 0.498. The summed E-state index contributed by atoms with van der Waals surface area (Å²) in [5.74, 6) is 2.43. The van der Waals surface area contributed by atoms with E-state index in [1.807, 2.05) is 54.6 Å². The summed E-state index contributed by atoms with van der Waals surface area (Å²) in [6.45, 7) is 4.55. The molecule has 10 aromatic carbocycles. The Labute approximate surface area is 355 Å². The summed E-state index contributed by atoms with van der Waals surface area (Å²) in [7, 11) is 6.79. The number of nitrogens with zero attached hydrogens (tertiary/aromatic N) is 2. The second-order valence-electron chi connectivity index (χ2n) is 15.1. The smallest absolute Gasteiger partial charge is 0.119 e. The second kappa shape index (κ2) is 15.6. The van der Waals surface area contributed by atoms with Gasteiger partial charge in [-0.3, -0.25) is 0 Å². The normalized spacial score (nSPS) is 12.2. The molecule has 0 radical (unpaired) electrons. The lowest BCUT2D eigenvalue weighted by Gasteiger charge is -2.27. The summed E-state index contributed by atoms with van der Waals surface area (Å²) in [6, 6.07) is 52.0. The first-order chi connectivity index (χ1) is 30.0. The predicted octanol–water partition coefficient (Wildman–Crippen LogP) is 14.4. The van der Waals surface area contributed by atoms with Crippen LogP contribution in [-0.2, 0) is 4.74 Å². The minimum Gasteiger partial charge on any atom is -0.497 e. The zero-order chi connectivity index (χ0) is 41.6. The van der Waals surface area contributed by atoms with Crippen molar-refractivity contribution >= 4 is 93.1 Å². The van der Waals surface area contributed by atoms with Gasteiger partial charge in [0.25, 0.3) is 0 Å². The molecule has 10 rings (SSSR count). The number of hydrogen-bond donors (Lipinski definition) is 0. The van der Waals surface area contributed by atoms with Crippen molar-refractivity contribution in [1.82, 2.24) is 0 Å². The second-order valence-corrected chi connectivity index (χ2v) is 15.1. The largest absolute Gasteiger partial charge is 0.497 e. The Morgan fingerprint density at radius 3 is 1.33 bits per heavy atom. The van der Waals surface area contributed by atoms with E-state index in [9.17, 15) is 0 Å². The molecule has 0 heterocycles. The third-order valence-corrected chi connectivity index (χ3v) is 11.9. The van der Waals surface area contributed by atoms with Gasteiger partial charge in [-0.1, -0.05) is 67.3 Å². The lowest BCUT2D eigenvalue weighted by molar-refractivity contribution is 0.234. The highest BCUT2D eigenvalue weighted by Gasteiger charge is 2.24. The van der Waals surface area contributed by atoms with Crippen LogP contribution in [0, 0.1) is 0 Å². The fourth-order valence-electron chi connectivity index (χ4n) is 9.24. The first-order valence-electron chi connectivity index (χ1n) is 20.4. The van der Waals surface area contributed by atoms with Gasteiger partial charge in [-0.2, -0.15) is 0 Å². The maximum Gasteiger partial charge on any atom is 0.119 e. The summed E-state index contributed by atoms with van der Waals surface area (Å²) < 4.78 is 22.0. The van der Waals surface area contributed by atoms with Crippen LogP contribution in [-0.4, -0.2) is 35.0 Å². The van der Waals surface area contributed by atoms with Gasteiger partial charge < -0.3 is 28.7 Å². The molecular formula is C55H44N2O4. The van der Waals surface area contributed by atoms with E-state index in [1.54, 1.807) is 28.4 Å². The van der Waals surface area contributed by atoms with E-state index in [-0.39, 0.29) is 0 Å². The Hall–Kier alpha value is -7.54. The molecule has 6 nitrogen and oxygen atoms in total. The number of ether oxygens (including phenoxy) is 4. The number of fused-ring (bicyclic) bond motifs is 8. The number of allylic oxidation sites excluding steroid dienone is 3. The van der Waals surface area contributed by atoms with E-state index in [4.69, 9.17) is 18.9 Å². The molecule has 0 aliphatic rings. The molecule has 0 fully saturated rings. The number of methoxy groups -OCH3 is 4. The number of benzene rings is 8. The van der Waals surface area contributed by atoms with Gasteiger partial charge in [0.1, 0.15) is 17.2 Å².